The monoisotopic (exact) mass is 558 g/mol. The van der Waals surface area contributed by atoms with Gasteiger partial charge < -0.3 is 10.1 Å². The second kappa shape index (κ2) is 13.2. The molecule has 0 bridgehead atoms. The summed E-state index contributed by atoms with van der Waals surface area (Å²) in [6.07, 6.45) is 9.68. The molecule has 0 aliphatic carbocycles. The number of halogens is 1. The van der Waals surface area contributed by atoms with E-state index in [-0.39, 0.29) is 11.8 Å². The summed E-state index contributed by atoms with van der Waals surface area (Å²) in [7, 11) is 0. The van der Waals surface area contributed by atoms with Gasteiger partial charge in [0.15, 0.2) is 5.82 Å². The van der Waals surface area contributed by atoms with E-state index in [1.807, 2.05) is 44.2 Å². The van der Waals surface area contributed by atoms with E-state index in [4.69, 9.17) is 4.74 Å². The zero-order valence-electron chi connectivity index (χ0n) is 19.3. The number of aromatic nitrogens is 3. The van der Waals surface area contributed by atoms with E-state index < -0.39 is 0 Å². The number of carbonyl (C=O) groups is 1. The number of ether oxygens (including phenoxy) is 1. The smallest absolute Gasteiger partial charge is 0.252 e. The van der Waals surface area contributed by atoms with Crippen LogP contribution < -0.4 is 10.1 Å². The van der Waals surface area contributed by atoms with Gasteiger partial charge in [-0.1, -0.05) is 59.2 Å². The van der Waals surface area contributed by atoms with Crippen molar-refractivity contribution in [3.05, 3.63) is 71.7 Å². The van der Waals surface area contributed by atoms with Crippen LogP contribution in [0.4, 0.5) is 0 Å². The van der Waals surface area contributed by atoms with E-state index >= 15 is 0 Å². The number of carbonyl (C=O) groups excluding carboxylic acids is 1. The zero-order valence-corrected chi connectivity index (χ0v) is 21.4. The van der Waals surface area contributed by atoms with Gasteiger partial charge >= 0.3 is 0 Å². The summed E-state index contributed by atoms with van der Waals surface area (Å²) in [5.41, 5.74) is 3.44. The minimum absolute atomic E-state index is 0.119. The van der Waals surface area contributed by atoms with Crippen molar-refractivity contribution in [3.8, 4) is 17.3 Å². The summed E-state index contributed by atoms with van der Waals surface area (Å²) < 4.78 is 7.11. The van der Waals surface area contributed by atoms with Crippen LogP contribution in [0.2, 0.25) is 0 Å². The predicted octanol–water partition coefficient (Wildman–Crippen LogP) is 5.58. The van der Waals surface area contributed by atoms with E-state index in [0.717, 1.165) is 29.5 Å². The zero-order chi connectivity index (χ0) is 23.5. The van der Waals surface area contributed by atoms with Gasteiger partial charge in [0, 0.05) is 42.7 Å². The van der Waals surface area contributed by atoms with Crippen molar-refractivity contribution >= 4 is 28.5 Å². The van der Waals surface area contributed by atoms with Crippen molar-refractivity contribution < 1.29 is 9.53 Å². The van der Waals surface area contributed by atoms with E-state index in [9.17, 15) is 4.79 Å². The lowest BCUT2D eigenvalue weighted by Gasteiger charge is -2.19. The van der Waals surface area contributed by atoms with Crippen molar-refractivity contribution in [2.75, 3.05) is 17.6 Å². The van der Waals surface area contributed by atoms with Crippen LogP contribution in [0.3, 0.4) is 0 Å². The highest BCUT2D eigenvalue weighted by Crippen LogP contribution is 2.22. The third-order valence-corrected chi connectivity index (χ3v) is 6.14. The van der Waals surface area contributed by atoms with Crippen LogP contribution in [0, 0.1) is 19.8 Å². The molecule has 1 amide bonds. The standard InChI is InChI=1S/C26H31IN4O2/c1-19-8-10-22(25-28-13-6-14-29-25)23(15-19)26(32)31-17-21(7-4-3-5-12-27)18-33-24-11-9-20(2)16-30-24/h6,8-11,13-16,21H,3-5,7,12,17-18H2,1-2H3,(H,31,32). The maximum absolute atomic E-state index is 13.2. The lowest BCUT2D eigenvalue weighted by Crippen LogP contribution is -2.32. The van der Waals surface area contributed by atoms with Gasteiger partial charge in [0.25, 0.3) is 5.91 Å². The quantitative estimate of drug-likeness (QED) is 0.179. The Bertz CT molecular complexity index is 1010. The first-order valence-corrected chi connectivity index (χ1v) is 12.9. The van der Waals surface area contributed by atoms with E-state index in [1.165, 1.54) is 17.3 Å². The Balaban J connectivity index is 1.66. The van der Waals surface area contributed by atoms with Crippen LogP contribution in [-0.4, -0.2) is 38.4 Å². The number of alkyl halides is 1. The molecule has 0 saturated heterocycles. The molecule has 1 aromatic carbocycles. The number of nitrogens with zero attached hydrogens (tertiary/aromatic N) is 3. The molecule has 3 rings (SSSR count). The van der Waals surface area contributed by atoms with E-state index in [2.05, 4.69) is 42.9 Å². The number of rotatable bonds is 12. The predicted molar refractivity (Wildman–Crippen MR) is 140 cm³/mol. The number of benzene rings is 1. The first-order chi connectivity index (χ1) is 16.1. The number of hydrogen-bond donors (Lipinski definition) is 1. The van der Waals surface area contributed by atoms with Crippen LogP contribution in [0.1, 0.15) is 47.2 Å². The fraction of sp³-hybridized carbons (Fsp3) is 0.385. The summed E-state index contributed by atoms with van der Waals surface area (Å²) in [6, 6.07) is 11.4. The average molecular weight is 558 g/mol. The number of aryl methyl sites for hydroxylation is 2. The van der Waals surface area contributed by atoms with Crippen LogP contribution in [-0.2, 0) is 0 Å². The highest BCUT2D eigenvalue weighted by atomic mass is 127. The fourth-order valence-corrected chi connectivity index (χ4v) is 4.04. The Morgan fingerprint density at radius 1 is 1.03 bits per heavy atom. The molecule has 0 saturated carbocycles. The van der Waals surface area contributed by atoms with E-state index in [1.54, 1.807) is 24.7 Å². The molecular formula is C26H31IN4O2. The maximum Gasteiger partial charge on any atom is 0.252 e. The Hall–Kier alpha value is -2.55. The van der Waals surface area contributed by atoms with Crippen LogP contribution in [0.25, 0.3) is 11.4 Å². The van der Waals surface area contributed by atoms with Gasteiger partial charge in [-0.15, -0.1) is 0 Å². The maximum atomic E-state index is 13.2. The molecule has 2 heterocycles. The lowest BCUT2D eigenvalue weighted by atomic mass is 10.0. The molecule has 0 aliphatic heterocycles. The van der Waals surface area contributed by atoms with Gasteiger partial charge in [0.2, 0.25) is 5.88 Å². The number of unbranched alkanes of at least 4 members (excludes halogenated alkanes) is 2. The third kappa shape index (κ3) is 8.07. The van der Waals surface area contributed by atoms with Gasteiger partial charge in [-0.2, -0.15) is 0 Å². The summed E-state index contributed by atoms with van der Waals surface area (Å²) in [6.45, 7) is 5.04. The molecule has 1 N–H and O–H groups in total. The molecule has 1 unspecified atom stereocenters. The minimum Gasteiger partial charge on any atom is -0.477 e. The van der Waals surface area contributed by atoms with Gasteiger partial charge in [0.05, 0.1) is 12.2 Å². The van der Waals surface area contributed by atoms with Gasteiger partial charge in [-0.3, -0.25) is 4.79 Å². The molecule has 0 spiro atoms. The Morgan fingerprint density at radius 2 is 1.82 bits per heavy atom. The Morgan fingerprint density at radius 3 is 2.55 bits per heavy atom. The minimum atomic E-state index is -0.119. The van der Waals surface area contributed by atoms with Crippen molar-refractivity contribution in [1.29, 1.82) is 0 Å². The number of amides is 1. The molecule has 0 radical (unpaired) electrons. The Labute approximate surface area is 209 Å². The third-order valence-electron chi connectivity index (χ3n) is 5.37. The first-order valence-electron chi connectivity index (χ1n) is 11.3. The van der Waals surface area contributed by atoms with Crippen LogP contribution in [0.5, 0.6) is 5.88 Å². The molecule has 1 atom stereocenters. The Kier molecular flexibility index (Phi) is 10.1. The fourth-order valence-electron chi connectivity index (χ4n) is 3.50. The van der Waals surface area contributed by atoms with Gasteiger partial charge in [0.1, 0.15) is 0 Å². The van der Waals surface area contributed by atoms with Crippen LogP contribution in [0.15, 0.2) is 55.0 Å². The van der Waals surface area contributed by atoms with Crippen molar-refractivity contribution in [2.24, 2.45) is 5.92 Å². The number of hydrogen-bond acceptors (Lipinski definition) is 5. The van der Waals surface area contributed by atoms with Gasteiger partial charge in [-0.05, 0) is 48.8 Å². The molecule has 6 nitrogen and oxygen atoms in total. The lowest BCUT2D eigenvalue weighted by molar-refractivity contribution is 0.0940. The van der Waals surface area contributed by atoms with Crippen molar-refractivity contribution in [1.82, 2.24) is 20.3 Å². The molecule has 174 valence electrons. The van der Waals surface area contributed by atoms with Crippen molar-refractivity contribution in [2.45, 2.75) is 39.5 Å². The largest absolute Gasteiger partial charge is 0.477 e. The van der Waals surface area contributed by atoms with Gasteiger partial charge in [-0.25, -0.2) is 15.0 Å². The van der Waals surface area contributed by atoms with Crippen molar-refractivity contribution in [3.63, 3.8) is 0 Å². The molecular weight excluding hydrogens is 527 g/mol. The first kappa shape index (κ1) is 25.1. The normalized spacial score (nSPS) is 11.7. The summed E-state index contributed by atoms with van der Waals surface area (Å²) in [4.78, 5) is 26.1. The summed E-state index contributed by atoms with van der Waals surface area (Å²) in [5, 5.41) is 3.13. The SMILES string of the molecule is Cc1ccc(OCC(CCCCCI)CNC(=O)c2cc(C)ccc2-c2ncccn2)nc1. The molecule has 33 heavy (non-hydrogen) atoms. The van der Waals surface area contributed by atoms with E-state index in [0.29, 0.717) is 30.4 Å². The summed E-state index contributed by atoms with van der Waals surface area (Å²) in [5.74, 6) is 1.25. The second-order valence-corrected chi connectivity index (χ2v) is 9.30. The molecule has 7 heteroatoms. The number of pyridine rings is 1. The second-order valence-electron chi connectivity index (χ2n) is 8.22. The molecule has 2 aromatic heterocycles. The highest BCUT2D eigenvalue weighted by Gasteiger charge is 2.17. The highest BCUT2D eigenvalue weighted by molar-refractivity contribution is 14.1. The molecule has 0 aliphatic rings. The summed E-state index contributed by atoms with van der Waals surface area (Å²) >= 11 is 2.41. The van der Waals surface area contributed by atoms with Crippen LogP contribution >= 0.6 is 22.6 Å². The number of nitrogens with one attached hydrogen (secondary N) is 1. The average Bonchev–Trinajstić information content (AvgIpc) is 2.84. The molecule has 3 aromatic rings. The topological polar surface area (TPSA) is 77.0 Å². The molecule has 0 fully saturated rings.